The van der Waals surface area contributed by atoms with Gasteiger partial charge in [0, 0.05) is 16.9 Å². The molecule has 3 N–H and O–H groups in total. The fraction of sp³-hybridized carbons (Fsp3) is 0.278. The van der Waals surface area contributed by atoms with Crippen molar-refractivity contribution in [3.05, 3.63) is 58.7 Å². The van der Waals surface area contributed by atoms with E-state index in [1.165, 1.54) is 0 Å². The Morgan fingerprint density at radius 1 is 1.14 bits per heavy atom. The minimum atomic E-state index is -0.124. The second-order valence-electron chi connectivity index (χ2n) is 5.78. The van der Waals surface area contributed by atoms with Crippen LogP contribution >= 0.6 is 0 Å². The number of nitrogen functional groups attached to an aromatic ring is 1. The summed E-state index contributed by atoms with van der Waals surface area (Å²) in [5, 5.41) is 3.04. The van der Waals surface area contributed by atoms with Crippen LogP contribution in [0.3, 0.4) is 0 Å². The summed E-state index contributed by atoms with van der Waals surface area (Å²) >= 11 is 0. The SMILES string of the molecule is Cc1cc(N)cc(C(=O)Nc2c(C)cccc2C(C)C)c1. The van der Waals surface area contributed by atoms with Crippen LogP contribution in [0.4, 0.5) is 11.4 Å². The Morgan fingerprint density at radius 3 is 2.48 bits per heavy atom. The van der Waals surface area contributed by atoms with Crippen LogP contribution in [-0.4, -0.2) is 5.91 Å². The van der Waals surface area contributed by atoms with Crippen LogP contribution in [-0.2, 0) is 0 Å². The molecule has 0 atom stereocenters. The molecule has 2 aromatic carbocycles. The smallest absolute Gasteiger partial charge is 0.255 e. The molecular formula is C18H22N2O. The largest absolute Gasteiger partial charge is 0.399 e. The van der Waals surface area contributed by atoms with Crippen molar-refractivity contribution in [2.24, 2.45) is 0 Å². The maximum absolute atomic E-state index is 12.5. The second-order valence-corrected chi connectivity index (χ2v) is 5.78. The van der Waals surface area contributed by atoms with Gasteiger partial charge in [0.25, 0.3) is 5.91 Å². The maximum Gasteiger partial charge on any atom is 0.255 e. The summed E-state index contributed by atoms with van der Waals surface area (Å²) < 4.78 is 0. The van der Waals surface area contributed by atoms with E-state index in [1.54, 1.807) is 6.07 Å². The highest BCUT2D eigenvalue weighted by molar-refractivity contribution is 6.05. The Morgan fingerprint density at radius 2 is 1.86 bits per heavy atom. The van der Waals surface area contributed by atoms with E-state index in [-0.39, 0.29) is 5.91 Å². The van der Waals surface area contributed by atoms with Gasteiger partial charge in [-0.1, -0.05) is 32.0 Å². The van der Waals surface area contributed by atoms with Crippen molar-refractivity contribution in [1.29, 1.82) is 0 Å². The summed E-state index contributed by atoms with van der Waals surface area (Å²) in [6, 6.07) is 11.5. The summed E-state index contributed by atoms with van der Waals surface area (Å²) in [5.74, 6) is 0.226. The molecule has 0 aliphatic rings. The zero-order valence-corrected chi connectivity index (χ0v) is 13.0. The Hall–Kier alpha value is -2.29. The van der Waals surface area contributed by atoms with Gasteiger partial charge in [-0.15, -0.1) is 0 Å². The van der Waals surface area contributed by atoms with E-state index in [0.29, 0.717) is 17.2 Å². The maximum atomic E-state index is 12.5. The summed E-state index contributed by atoms with van der Waals surface area (Å²) in [6.45, 7) is 8.18. The number of rotatable bonds is 3. The standard InChI is InChI=1S/C18H22N2O/c1-11(2)16-7-5-6-13(4)17(16)20-18(21)14-8-12(3)9-15(19)10-14/h5-11H,19H2,1-4H3,(H,20,21). The van der Waals surface area contributed by atoms with Gasteiger partial charge in [-0.25, -0.2) is 0 Å². The molecule has 3 heteroatoms. The molecule has 0 aliphatic heterocycles. The number of hydrogen-bond donors (Lipinski definition) is 2. The van der Waals surface area contributed by atoms with Gasteiger partial charge in [0.1, 0.15) is 0 Å². The lowest BCUT2D eigenvalue weighted by Crippen LogP contribution is -2.15. The van der Waals surface area contributed by atoms with Gasteiger partial charge in [0.15, 0.2) is 0 Å². The van der Waals surface area contributed by atoms with E-state index in [4.69, 9.17) is 5.73 Å². The Kier molecular flexibility index (Phi) is 4.32. The number of aryl methyl sites for hydroxylation is 2. The van der Waals surface area contributed by atoms with Crippen LogP contribution in [0, 0.1) is 13.8 Å². The van der Waals surface area contributed by atoms with Crippen molar-refractivity contribution in [2.45, 2.75) is 33.6 Å². The van der Waals surface area contributed by atoms with Gasteiger partial charge in [-0.3, -0.25) is 4.79 Å². The predicted octanol–water partition coefficient (Wildman–Crippen LogP) is 4.26. The van der Waals surface area contributed by atoms with E-state index in [0.717, 1.165) is 22.4 Å². The second kappa shape index (κ2) is 6.00. The molecule has 0 unspecified atom stereocenters. The number of carbonyl (C=O) groups is 1. The van der Waals surface area contributed by atoms with Crippen LogP contribution in [0.15, 0.2) is 36.4 Å². The van der Waals surface area contributed by atoms with Crippen LogP contribution < -0.4 is 11.1 Å². The molecular weight excluding hydrogens is 260 g/mol. The summed E-state index contributed by atoms with van der Waals surface area (Å²) in [6.07, 6.45) is 0. The molecule has 0 aromatic heterocycles. The molecule has 21 heavy (non-hydrogen) atoms. The van der Waals surface area contributed by atoms with Crippen LogP contribution in [0.25, 0.3) is 0 Å². The van der Waals surface area contributed by atoms with Gasteiger partial charge in [0.05, 0.1) is 0 Å². The number of benzene rings is 2. The summed E-state index contributed by atoms with van der Waals surface area (Å²) in [4.78, 5) is 12.5. The third kappa shape index (κ3) is 3.43. The lowest BCUT2D eigenvalue weighted by atomic mass is 9.98. The third-order valence-electron chi connectivity index (χ3n) is 3.53. The first-order valence-electron chi connectivity index (χ1n) is 7.16. The van der Waals surface area contributed by atoms with E-state index < -0.39 is 0 Å². The Labute approximate surface area is 126 Å². The lowest BCUT2D eigenvalue weighted by Gasteiger charge is -2.16. The number of para-hydroxylation sites is 1. The normalized spacial score (nSPS) is 10.7. The van der Waals surface area contributed by atoms with Gasteiger partial charge in [-0.05, 0) is 54.7 Å². The van der Waals surface area contributed by atoms with Crippen molar-refractivity contribution in [2.75, 3.05) is 11.1 Å². The van der Waals surface area contributed by atoms with Crippen molar-refractivity contribution in [3.8, 4) is 0 Å². The molecule has 2 rings (SSSR count). The van der Waals surface area contributed by atoms with Crippen molar-refractivity contribution in [3.63, 3.8) is 0 Å². The molecule has 0 fully saturated rings. The van der Waals surface area contributed by atoms with Crippen molar-refractivity contribution < 1.29 is 4.79 Å². The van der Waals surface area contributed by atoms with E-state index in [9.17, 15) is 4.79 Å². The zero-order chi connectivity index (χ0) is 15.6. The van der Waals surface area contributed by atoms with Crippen molar-refractivity contribution >= 4 is 17.3 Å². The quantitative estimate of drug-likeness (QED) is 0.826. The van der Waals surface area contributed by atoms with E-state index in [1.807, 2.05) is 38.1 Å². The predicted molar refractivity (Wildman–Crippen MR) is 88.8 cm³/mol. The van der Waals surface area contributed by atoms with Gasteiger partial charge in [-0.2, -0.15) is 0 Å². The van der Waals surface area contributed by atoms with Gasteiger partial charge < -0.3 is 11.1 Å². The summed E-state index contributed by atoms with van der Waals surface area (Å²) in [5.41, 5.74) is 11.1. The molecule has 110 valence electrons. The van der Waals surface area contributed by atoms with Gasteiger partial charge in [0.2, 0.25) is 0 Å². The van der Waals surface area contributed by atoms with Crippen LogP contribution in [0.2, 0.25) is 0 Å². The molecule has 0 saturated heterocycles. The molecule has 0 bridgehead atoms. The Balaban J connectivity index is 2.36. The van der Waals surface area contributed by atoms with E-state index >= 15 is 0 Å². The van der Waals surface area contributed by atoms with Crippen LogP contribution in [0.1, 0.15) is 46.8 Å². The fourth-order valence-corrected chi connectivity index (χ4v) is 2.47. The summed E-state index contributed by atoms with van der Waals surface area (Å²) in [7, 11) is 0. The molecule has 0 saturated carbocycles. The van der Waals surface area contributed by atoms with Gasteiger partial charge >= 0.3 is 0 Å². The monoisotopic (exact) mass is 282 g/mol. The molecule has 0 aliphatic carbocycles. The Bertz CT molecular complexity index is 655. The number of nitrogens with two attached hydrogens (primary N) is 1. The highest BCUT2D eigenvalue weighted by Gasteiger charge is 2.13. The molecule has 2 aromatic rings. The first kappa shape index (κ1) is 15.1. The minimum Gasteiger partial charge on any atom is -0.399 e. The topological polar surface area (TPSA) is 55.1 Å². The average Bonchev–Trinajstić information content (AvgIpc) is 2.39. The first-order chi connectivity index (χ1) is 9.88. The molecule has 1 amide bonds. The fourth-order valence-electron chi connectivity index (χ4n) is 2.47. The minimum absolute atomic E-state index is 0.124. The lowest BCUT2D eigenvalue weighted by molar-refractivity contribution is 0.102. The molecule has 3 nitrogen and oxygen atoms in total. The molecule has 0 radical (unpaired) electrons. The zero-order valence-electron chi connectivity index (χ0n) is 13.0. The number of nitrogens with one attached hydrogen (secondary N) is 1. The highest BCUT2D eigenvalue weighted by Crippen LogP contribution is 2.28. The third-order valence-corrected chi connectivity index (χ3v) is 3.53. The average molecular weight is 282 g/mol. The first-order valence-corrected chi connectivity index (χ1v) is 7.16. The number of anilines is 2. The number of amides is 1. The number of carbonyl (C=O) groups excluding carboxylic acids is 1. The van der Waals surface area contributed by atoms with Crippen LogP contribution in [0.5, 0.6) is 0 Å². The molecule has 0 spiro atoms. The molecule has 0 heterocycles. The highest BCUT2D eigenvalue weighted by atomic mass is 16.1. The van der Waals surface area contributed by atoms with Crippen molar-refractivity contribution in [1.82, 2.24) is 0 Å². The number of hydrogen-bond acceptors (Lipinski definition) is 2. The van der Waals surface area contributed by atoms with E-state index in [2.05, 4.69) is 25.2 Å².